The maximum atomic E-state index is 12.1. The molecule has 1 amide bonds. The number of halogens is 4. The van der Waals surface area contributed by atoms with Gasteiger partial charge >= 0.3 is 12.1 Å². The van der Waals surface area contributed by atoms with Gasteiger partial charge in [0.1, 0.15) is 0 Å². The van der Waals surface area contributed by atoms with Crippen LogP contribution in [0.1, 0.15) is 11.1 Å². The SMILES string of the molecule is Cl.O=C(Nc1ccc2c(c1)CCNC2)C(F)(F)F. The lowest BCUT2D eigenvalue weighted by molar-refractivity contribution is -0.167. The molecule has 0 fully saturated rings. The predicted molar refractivity (Wildman–Crippen MR) is 63.8 cm³/mol. The van der Waals surface area contributed by atoms with Gasteiger partial charge in [0.15, 0.2) is 0 Å². The van der Waals surface area contributed by atoms with Gasteiger partial charge in [0.25, 0.3) is 0 Å². The van der Waals surface area contributed by atoms with E-state index in [-0.39, 0.29) is 18.1 Å². The number of benzene rings is 1. The third-order valence-electron chi connectivity index (χ3n) is 2.61. The first-order valence-electron chi connectivity index (χ1n) is 5.17. The van der Waals surface area contributed by atoms with Crippen molar-refractivity contribution in [2.75, 3.05) is 11.9 Å². The minimum atomic E-state index is -4.85. The summed E-state index contributed by atoms with van der Waals surface area (Å²) < 4.78 is 36.2. The summed E-state index contributed by atoms with van der Waals surface area (Å²) in [7, 11) is 0. The zero-order valence-electron chi connectivity index (χ0n) is 9.30. The Morgan fingerprint density at radius 2 is 2.00 bits per heavy atom. The maximum Gasteiger partial charge on any atom is 0.471 e. The Morgan fingerprint density at radius 3 is 2.67 bits per heavy atom. The van der Waals surface area contributed by atoms with Crippen LogP contribution in [0.4, 0.5) is 18.9 Å². The van der Waals surface area contributed by atoms with E-state index in [0.29, 0.717) is 6.54 Å². The van der Waals surface area contributed by atoms with Gasteiger partial charge in [-0.25, -0.2) is 0 Å². The molecule has 1 aromatic rings. The van der Waals surface area contributed by atoms with Crippen LogP contribution in [0.25, 0.3) is 0 Å². The molecule has 18 heavy (non-hydrogen) atoms. The van der Waals surface area contributed by atoms with Crippen LogP contribution in [0, 0.1) is 0 Å². The Balaban J connectivity index is 0.00000162. The first-order valence-corrected chi connectivity index (χ1v) is 5.17. The average Bonchev–Trinajstić information content (AvgIpc) is 2.27. The Labute approximate surface area is 108 Å². The summed E-state index contributed by atoms with van der Waals surface area (Å²) in [6.07, 6.45) is -4.09. The van der Waals surface area contributed by atoms with Gasteiger partial charge < -0.3 is 10.6 Å². The van der Waals surface area contributed by atoms with E-state index in [9.17, 15) is 18.0 Å². The Morgan fingerprint density at radius 1 is 1.28 bits per heavy atom. The number of carbonyl (C=O) groups excluding carboxylic acids is 1. The fourth-order valence-electron chi connectivity index (χ4n) is 1.76. The number of rotatable bonds is 1. The van der Waals surface area contributed by atoms with Gasteiger partial charge in [-0.2, -0.15) is 13.2 Å². The second kappa shape index (κ2) is 5.58. The number of hydrogen-bond donors (Lipinski definition) is 2. The van der Waals surface area contributed by atoms with Crippen molar-refractivity contribution >= 4 is 24.0 Å². The fourth-order valence-corrected chi connectivity index (χ4v) is 1.76. The van der Waals surface area contributed by atoms with Gasteiger partial charge in [-0.3, -0.25) is 4.79 Å². The van der Waals surface area contributed by atoms with Crippen molar-refractivity contribution in [1.82, 2.24) is 5.32 Å². The quantitative estimate of drug-likeness (QED) is 0.828. The molecule has 0 unspecified atom stereocenters. The van der Waals surface area contributed by atoms with Gasteiger partial charge in [0.05, 0.1) is 0 Å². The van der Waals surface area contributed by atoms with E-state index < -0.39 is 12.1 Å². The summed E-state index contributed by atoms with van der Waals surface area (Å²) in [6, 6.07) is 4.81. The summed E-state index contributed by atoms with van der Waals surface area (Å²) in [5.41, 5.74) is 2.22. The largest absolute Gasteiger partial charge is 0.471 e. The minimum absolute atomic E-state index is 0. The minimum Gasteiger partial charge on any atom is -0.318 e. The molecule has 0 atom stereocenters. The van der Waals surface area contributed by atoms with E-state index in [1.54, 1.807) is 12.1 Å². The summed E-state index contributed by atoms with van der Waals surface area (Å²) in [5, 5.41) is 5.01. The van der Waals surface area contributed by atoms with Crippen LogP contribution in [0.5, 0.6) is 0 Å². The number of hydrogen-bond acceptors (Lipinski definition) is 2. The number of fused-ring (bicyclic) bond motifs is 1. The van der Waals surface area contributed by atoms with Crippen LogP contribution in [0.15, 0.2) is 18.2 Å². The highest BCUT2D eigenvalue weighted by molar-refractivity contribution is 5.95. The molecule has 0 saturated heterocycles. The topological polar surface area (TPSA) is 41.1 Å². The standard InChI is InChI=1S/C11H11F3N2O.ClH/c12-11(13,14)10(17)16-9-2-1-8-6-15-4-3-7(8)5-9;/h1-2,5,15H,3-4,6H2,(H,16,17);1H. The van der Waals surface area contributed by atoms with Crippen LogP contribution in [0.2, 0.25) is 0 Å². The predicted octanol–water partition coefficient (Wildman–Crippen LogP) is 2.25. The highest BCUT2D eigenvalue weighted by Gasteiger charge is 2.38. The molecule has 0 spiro atoms. The molecule has 1 aliphatic rings. The van der Waals surface area contributed by atoms with Crippen LogP contribution >= 0.6 is 12.4 Å². The van der Waals surface area contributed by atoms with E-state index in [1.807, 2.05) is 5.32 Å². The molecule has 2 rings (SSSR count). The van der Waals surface area contributed by atoms with E-state index in [4.69, 9.17) is 0 Å². The van der Waals surface area contributed by atoms with Gasteiger partial charge in [-0.1, -0.05) is 6.07 Å². The van der Waals surface area contributed by atoms with Gasteiger partial charge in [-0.15, -0.1) is 12.4 Å². The Hall–Kier alpha value is -1.27. The van der Waals surface area contributed by atoms with Crippen molar-refractivity contribution in [3.05, 3.63) is 29.3 Å². The number of anilines is 1. The van der Waals surface area contributed by atoms with Crippen molar-refractivity contribution < 1.29 is 18.0 Å². The number of nitrogens with one attached hydrogen (secondary N) is 2. The lowest BCUT2D eigenvalue weighted by Crippen LogP contribution is -2.30. The van der Waals surface area contributed by atoms with Crippen molar-refractivity contribution in [1.29, 1.82) is 0 Å². The zero-order chi connectivity index (χ0) is 12.5. The molecule has 7 heteroatoms. The molecule has 0 bridgehead atoms. The molecular formula is C11H12ClF3N2O. The van der Waals surface area contributed by atoms with E-state index in [1.165, 1.54) is 6.07 Å². The zero-order valence-corrected chi connectivity index (χ0v) is 10.1. The molecule has 3 nitrogen and oxygen atoms in total. The summed E-state index contributed by atoms with van der Waals surface area (Å²) in [4.78, 5) is 10.8. The molecule has 0 radical (unpaired) electrons. The first kappa shape index (κ1) is 14.8. The molecule has 2 N–H and O–H groups in total. The molecule has 0 aliphatic carbocycles. The summed E-state index contributed by atoms with van der Waals surface area (Å²) in [5.74, 6) is -1.94. The fraction of sp³-hybridized carbons (Fsp3) is 0.364. The molecule has 0 aromatic heterocycles. The smallest absolute Gasteiger partial charge is 0.318 e. The third kappa shape index (κ3) is 3.36. The molecule has 100 valence electrons. The van der Waals surface area contributed by atoms with Crippen molar-refractivity contribution in [3.63, 3.8) is 0 Å². The molecular weight excluding hydrogens is 269 g/mol. The van der Waals surface area contributed by atoms with Gasteiger partial charge in [0.2, 0.25) is 0 Å². The number of carbonyl (C=O) groups is 1. The van der Waals surface area contributed by atoms with Crippen LogP contribution in [-0.2, 0) is 17.8 Å². The maximum absolute atomic E-state index is 12.1. The number of alkyl halides is 3. The highest BCUT2D eigenvalue weighted by atomic mass is 35.5. The van der Waals surface area contributed by atoms with E-state index in [2.05, 4.69) is 5.32 Å². The molecule has 1 heterocycles. The second-order valence-electron chi connectivity index (χ2n) is 3.86. The van der Waals surface area contributed by atoms with Crippen molar-refractivity contribution in [2.24, 2.45) is 0 Å². The Bertz CT molecular complexity index is 448. The average molecular weight is 281 g/mol. The number of amides is 1. The van der Waals surface area contributed by atoms with Gasteiger partial charge in [0, 0.05) is 12.2 Å². The molecule has 0 saturated carbocycles. The highest BCUT2D eigenvalue weighted by Crippen LogP contribution is 2.22. The van der Waals surface area contributed by atoms with Crippen molar-refractivity contribution in [3.8, 4) is 0 Å². The summed E-state index contributed by atoms with van der Waals surface area (Å²) in [6.45, 7) is 1.51. The normalized spacial score (nSPS) is 14.4. The lowest BCUT2D eigenvalue weighted by Gasteiger charge is -2.18. The molecule has 1 aromatic carbocycles. The molecule has 1 aliphatic heterocycles. The third-order valence-corrected chi connectivity index (χ3v) is 2.61. The van der Waals surface area contributed by atoms with Crippen molar-refractivity contribution in [2.45, 2.75) is 19.1 Å². The van der Waals surface area contributed by atoms with E-state index in [0.717, 1.165) is 24.1 Å². The lowest BCUT2D eigenvalue weighted by atomic mass is 10.0. The van der Waals surface area contributed by atoms with E-state index >= 15 is 0 Å². The first-order chi connectivity index (χ1) is 7.97. The second-order valence-corrected chi connectivity index (χ2v) is 3.86. The summed E-state index contributed by atoms with van der Waals surface area (Å²) >= 11 is 0. The van der Waals surface area contributed by atoms with Crippen LogP contribution < -0.4 is 10.6 Å². The Kier molecular flexibility index (Phi) is 4.59. The van der Waals surface area contributed by atoms with Crippen LogP contribution in [-0.4, -0.2) is 18.6 Å². The van der Waals surface area contributed by atoms with Gasteiger partial charge in [-0.05, 0) is 36.2 Å². The van der Waals surface area contributed by atoms with Crippen LogP contribution in [0.3, 0.4) is 0 Å². The monoisotopic (exact) mass is 280 g/mol.